The Morgan fingerprint density at radius 2 is 1.56 bits per heavy atom. The molecule has 4 aromatic rings. The molecule has 1 amide bonds. The van der Waals surface area contributed by atoms with Crippen LogP contribution < -0.4 is 5.32 Å². The molecular weight excluding hydrogens is 394 g/mol. The summed E-state index contributed by atoms with van der Waals surface area (Å²) in [5, 5.41) is 8.02. The van der Waals surface area contributed by atoms with Gasteiger partial charge in [-0.25, -0.2) is 4.68 Å². The van der Waals surface area contributed by atoms with E-state index in [2.05, 4.69) is 55.6 Å². The van der Waals surface area contributed by atoms with E-state index in [0.717, 1.165) is 33.6 Å². The van der Waals surface area contributed by atoms with Gasteiger partial charge in [-0.2, -0.15) is 5.10 Å². The van der Waals surface area contributed by atoms with Crippen molar-refractivity contribution in [2.45, 2.75) is 40.7 Å². The molecule has 1 unspecified atom stereocenters. The van der Waals surface area contributed by atoms with Crippen molar-refractivity contribution < 1.29 is 4.79 Å². The number of hydrogen-bond donors (Lipinski definition) is 1. The number of carbonyl (C=O) groups excluding carboxylic acids is 1. The molecule has 4 rings (SSSR count). The summed E-state index contributed by atoms with van der Waals surface area (Å²) >= 11 is 0. The number of carbonyl (C=O) groups is 1. The Morgan fingerprint density at radius 1 is 0.844 bits per heavy atom. The summed E-state index contributed by atoms with van der Waals surface area (Å²) in [5.74, 6) is -0.148. The van der Waals surface area contributed by atoms with E-state index in [1.54, 1.807) is 4.68 Å². The first-order valence-electron chi connectivity index (χ1n) is 10.9. The minimum atomic E-state index is -0.148. The van der Waals surface area contributed by atoms with Crippen LogP contribution in [0, 0.1) is 27.7 Å². The maximum absolute atomic E-state index is 13.4. The van der Waals surface area contributed by atoms with Crippen molar-refractivity contribution in [3.8, 4) is 16.9 Å². The van der Waals surface area contributed by atoms with Gasteiger partial charge in [0.05, 0.1) is 17.4 Å². The van der Waals surface area contributed by atoms with E-state index in [9.17, 15) is 4.79 Å². The molecule has 0 fully saturated rings. The lowest BCUT2D eigenvalue weighted by atomic mass is 10.0. The fourth-order valence-corrected chi connectivity index (χ4v) is 3.81. The molecule has 162 valence electrons. The molecule has 1 aromatic heterocycles. The molecule has 1 heterocycles. The van der Waals surface area contributed by atoms with Gasteiger partial charge in [-0.1, -0.05) is 54.6 Å². The second-order valence-corrected chi connectivity index (χ2v) is 8.52. The minimum absolute atomic E-state index is 0.115. The maximum atomic E-state index is 13.4. The summed E-state index contributed by atoms with van der Waals surface area (Å²) in [6, 6.07) is 24.3. The van der Waals surface area contributed by atoms with Crippen molar-refractivity contribution in [3.05, 3.63) is 106 Å². The summed E-state index contributed by atoms with van der Waals surface area (Å²) in [6.45, 7) is 10.3. The molecule has 0 saturated carbocycles. The normalized spacial score (nSPS) is 11.9. The van der Waals surface area contributed by atoms with Gasteiger partial charge in [0, 0.05) is 5.56 Å². The van der Waals surface area contributed by atoms with Crippen LogP contribution in [0.4, 0.5) is 0 Å². The molecule has 0 aliphatic heterocycles. The van der Waals surface area contributed by atoms with Gasteiger partial charge in [0.1, 0.15) is 5.69 Å². The molecule has 0 saturated heterocycles. The number of nitrogens with one attached hydrogen (secondary N) is 1. The fourth-order valence-electron chi connectivity index (χ4n) is 3.81. The largest absolute Gasteiger partial charge is 0.344 e. The third kappa shape index (κ3) is 4.35. The Morgan fingerprint density at radius 3 is 2.28 bits per heavy atom. The zero-order valence-electron chi connectivity index (χ0n) is 19.3. The van der Waals surface area contributed by atoms with Gasteiger partial charge in [-0.3, -0.25) is 4.79 Å². The van der Waals surface area contributed by atoms with Crippen LogP contribution in [0.5, 0.6) is 0 Å². The average Bonchev–Trinajstić information content (AvgIpc) is 3.23. The standard InChI is InChI=1S/C28H29N3O/c1-18-11-12-20(3)26(15-18)31-27(28(32)29-22(5)23-9-7-6-8-10-23)17-25(30-31)24-14-13-19(2)21(4)16-24/h6-17,22H,1-5H3,(H,29,32). The van der Waals surface area contributed by atoms with Crippen LogP contribution in [0.1, 0.15) is 51.3 Å². The zero-order chi connectivity index (χ0) is 22.8. The number of hydrogen-bond acceptors (Lipinski definition) is 2. The van der Waals surface area contributed by atoms with Gasteiger partial charge in [0.15, 0.2) is 0 Å². The van der Waals surface area contributed by atoms with Crippen molar-refractivity contribution in [2.24, 2.45) is 0 Å². The van der Waals surface area contributed by atoms with Gasteiger partial charge in [-0.05, 0) is 80.6 Å². The lowest BCUT2D eigenvalue weighted by Gasteiger charge is -2.16. The van der Waals surface area contributed by atoms with Crippen LogP contribution in [0.3, 0.4) is 0 Å². The van der Waals surface area contributed by atoms with Crippen LogP contribution in [-0.2, 0) is 0 Å². The van der Waals surface area contributed by atoms with Gasteiger partial charge in [-0.15, -0.1) is 0 Å². The first-order valence-corrected chi connectivity index (χ1v) is 10.9. The Labute approximate surface area is 189 Å². The number of amides is 1. The summed E-state index contributed by atoms with van der Waals surface area (Å²) in [4.78, 5) is 13.4. The minimum Gasteiger partial charge on any atom is -0.344 e. The molecule has 0 aliphatic carbocycles. The lowest BCUT2D eigenvalue weighted by molar-refractivity contribution is 0.0932. The van der Waals surface area contributed by atoms with Gasteiger partial charge in [0.2, 0.25) is 0 Å². The van der Waals surface area contributed by atoms with Gasteiger partial charge in [0.25, 0.3) is 5.91 Å². The van der Waals surface area contributed by atoms with Crippen LogP contribution in [0.25, 0.3) is 16.9 Å². The lowest BCUT2D eigenvalue weighted by Crippen LogP contribution is -2.28. The second kappa shape index (κ2) is 8.83. The van der Waals surface area contributed by atoms with E-state index >= 15 is 0 Å². The summed E-state index contributed by atoms with van der Waals surface area (Å²) in [6.07, 6.45) is 0. The Bertz CT molecular complexity index is 1270. The van der Waals surface area contributed by atoms with E-state index in [-0.39, 0.29) is 11.9 Å². The monoisotopic (exact) mass is 423 g/mol. The third-order valence-corrected chi connectivity index (χ3v) is 5.98. The summed E-state index contributed by atoms with van der Waals surface area (Å²) in [5.41, 5.74) is 8.91. The Kier molecular flexibility index (Phi) is 5.95. The number of aryl methyl sites for hydroxylation is 4. The number of benzene rings is 3. The average molecular weight is 424 g/mol. The molecule has 0 spiro atoms. The molecule has 32 heavy (non-hydrogen) atoms. The van der Waals surface area contributed by atoms with E-state index in [4.69, 9.17) is 5.10 Å². The maximum Gasteiger partial charge on any atom is 0.270 e. The van der Waals surface area contributed by atoms with E-state index in [1.807, 2.05) is 57.2 Å². The first-order chi connectivity index (χ1) is 15.3. The fraction of sp³-hybridized carbons (Fsp3) is 0.214. The van der Waals surface area contributed by atoms with E-state index in [1.165, 1.54) is 11.1 Å². The zero-order valence-corrected chi connectivity index (χ0v) is 19.3. The molecule has 0 radical (unpaired) electrons. The van der Waals surface area contributed by atoms with E-state index in [0.29, 0.717) is 5.69 Å². The molecular formula is C28H29N3O. The predicted molar refractivity (Wildman–Crippen MR) is 130 cm³/mol. The molecule has 0 bridgehead atoms. The molecule has 0 aliphatic rings. The second-order valence-electron chi connectivity index (χ2n) is 8.52. The highest BCUT2D eigenvalue weighted by atomic mass is 16.2. The van der Waals surface area contributed by atoms with Gasteiger partial charge >= 0.3 is 0 Å². The Hall–Kier alpha value is -3.66. The van der Waals surface area contributed by atoms with Crippen molar-refractivity contribution in [3.63, 3.8) is 0 Å². The topological polar surface area (TPSA) is 46.9 Å². The van der Waals surface area contributed by atoms with Crippen molar-refractivity contribution >= 4 is 5.91 Å². The molecule has 3 aromatic carbocycles. The molecule has 1 atom stereocenters. The number of nitrogens with zero attached hydrogens (tertiary/aromatic N) is 2. The van der Waals surface area contributed by atoms with Crippen LogP contribution in [-0.4, -0.2) is 15.7 Å². The van der Waals surface area contributed by atoms with E-state index < -0.39 is 0 Å². The van der Waals surface area contributed by atoms with Crippen LogP contribution >= 0.6 is 0 Å². The van der Waals surface area contributed by atoms with Crippen molar-refractivity contribution in [1.82, 2.24) is 15.1 Å². The third-order valence-electron chi connectivity index (χ3n) is 5.98. The molecule has 1 N–H and O–H groups in total. The Balaban J connectivity index is 1.78. The quantitative estimate of drug-likeness (QED) is 0.412. The van der Waals surface area contributed by atoms with Crippen molar-refractivity contribution in [2.75, 3.05) is 0 Å². The SMILES string of the molecule is Cc1ccc(C)c(-n2nc(-c3ccc(C)c(C)c3)cc2C(=O)NC(C)c2ccccc2)c1. The number of rotatable bonds is 5. The predicted octanol–water partition coefficient (Wildman–Crippen LogP) is 6.26. The van der Waals surface area contributed by atoms with Crippen LogP contribution in [0.2, 0.25) is 0 Å². The highest BCUT2D eigenvalue weighted by Gasteiger charge is 2.21. The summed E-state index contributed by atoms with van der Waals surface area (Å²) in [7, 11) is 0. The van der Waals surface area contributed by atoms with Crippen LogP contribution in [0.15, 0.2) is 72.8 Å². The highest BCUT2D eigenvalue weighted by Crippen LogP contribution is 2.26. The highest BCUT2D eigenvalue weighted by molar-refractivity contribution is 5.94. The molecule has 4 nitrogen and oxygen atoms in total. The molecule has 4 heteroatoms. The number of aromatic nitrogens is 2. The first kappa shape index (κ1) is 21.6. The summed E-state index contributed by atoms with van der Waals surface area (Å²) < 4.78 is 1.78. The van der Waals surface area contributed by atoms with Crippen molar-refractivity contribution in [1.29, 1.82) is 0 Å². The smallest absolute Gasteiger partial charge is 0.270 e. The van der Waals surface area contributed by atoms with Gasteiger partial charge < -0.3 is 5.32 Å².